The van der Waals surface area contributed by atoms with Crippen LogP contribution in [-0.2, 0) is 16.6 Å². The molecule has 0 aliphatic rings. The van der Waals surface area contributed by atoms with Gasteiger partial charge in [-0.2, -0.15) is 5.10 Å². The zero-order valence-corrected chi connectivity index (χ0v) is 11.4. The third-order valence-corrected chi connectivity index (χ3v) is 3.94. The van der Waals surface area contributed by atoms with Crippen LogP contribution in [0.15, 0.2) is 35.2 Å². The molecule has 0 fully saturated rings. The van der Waals surface area contributed by atoms with E-state index < -0.39 is 15.8 Å². The Morgan fingerprint density at radius 2 is 1.95 bits per heavy atom. The highest BCUT2D eigenvalue weighted by molar-refractivity contribution is 7.92. The largest absolute Gasteiger partial charge is 0.264 e. The molecule has 0 saturated carbocycles. The number of nitrogens with one attached hydrogen (secondary N) is 1. The van der Waals surface area contributed by atoms with Gasteiger partial charge in [0, 0.05) is 12.6 Å². The lowest BCUT2D eigenvalue weighted by atomic mass is 10.4. The number of rotatable bonds is 4. The van der Waals surface area contributed by atoms with Crippen molar-refractivity contribution in [1.82, 2.24) is 9.78 Å². The van der Waals surface area contributed by atoms with E-state index in [2.05, 4.69) is 9.82 Å². The third kappa shape index (κ3) is 2.93. The lowest BCUT2D eigenvalue weighted by Crippen LogP contribution is -2.16. The maximum Gasteiger partial charge on any atom is 0.263 e. The second-order valence-electron chi connectivity index (χ2n) is 4.05. The molecule has 19 heavy (non-hydrogen) atoms. The Labute approximate surface area is 111 Å². The number of benzene rings is 1. The SMILES string of the molecule is CCn1nc(C)cc1NS(=O)(=O)c1ccc(F)cc1. The summed E-state index contributed by atoms with van der Waals surface area (Å²) in [6, 6.07) is 6.30. The van der Waals surface area contributed by atoms with Gasteiger partial charge in [0.2, 0.25) is 0 Å². The minimum absolute atomic E-state index is 0.00964. The van der Waals surface area contributed by atoms with Crippen LogP contribution in [0, 0.1) is 12.7 Å². The van der Waals surface area contributed by atoms with Gasteiger partial charge in [-0.15, -0.1) is 0 Å². The summed E-state index contributed by atoms with van der Waals surface area (Å²) >= 11 is 0. The van der Waals surface area contributed by atoms with E-state index in [1.54, 1.807) is 17.7 Å². The maximum absolute atomic E-state index is 12.8. The van der Waals surface area contributed by atoms with Crippen molar-refractivity contribution in [2.24, 2.45) is 0 Å². The van der Waals surface area contributed by atoms with Gasteiger partial charge in [0.25, 0.3) is 10.0 Å². The monoisotopic (exact) mass is 283 g/mol. The van der Waals surface area contributed by atoms with Crippen LogP contribution in [0.5, 0.6) is 0 Å². The van der Waals surface area contributed by atoms with Crippen LogP contribution in [0.1, 0.15) is 12.6 Å². The van der Waals surface area contributed by atoms with E-state index in [0.29, 0.717) is 12.4 Å². The fourth-order valence-electron chi connectivity index (χ4n) is 1.68. The Morgan fingerprint density at radius 1 is 1.32 bits per heavy atom. The number of nitrogens with zero attached hydrogens (tertiary/aromatic N) is 2. The molecule has 0 radical (unpaired) electrons. The molecule has 7 heteroatoms. The van der Waals surface area contributed by atoms with Gasteiger partial charge >= 0.3 is 0 Å². The van der Waals surface area contributed by atoms with Crippen LogP contribution in [0.3, 0.4) is 0 Å². The number of halogens is 1. The van der Waals surface area contributed by atoms with Gasteiger partial charge in [0.1, 0.15) is 11.6 Å². The van der Waals surface area contributed by atoms with Gasteiger partial charge < -0.3 is 0 Å². The highest BCUT2D eigenvalue weighted by atomic mass is 32.2. The molecule has 2 rings (SSSR count). The first kappa shape index (κ1) is 13.5. The van der Waals surface area contributed by atoms with Gasteiger partial charge in [0.05, 0.1) is 10.6 Å². The molecule has 1 aromatic carbocycles. The summed E-state index contributed by atoms with van der Waals surface area (Å²) in [4.78, 5) is 0.00964. The summed E-state index contributed by atoms with van der Waals surface area (Å²) in [6.07, 6.45) is 0. The summed E-state index contributed by atoms with van der Waals surface area (Å²) in [5, 5.41) is 4.15. The molecule has 5 nitrogen and oxygen atoms in total. The van der Waals surface area contributed by atoms with E-state index in [1.807, 2.05) is 6.92 Å². The summed E-state index contributed by atoms with van der Waals surface area (Å²) in [5.74, 6) is -0.0854. The molecule has 0 amide bonds. The van der Waals surface area contributed by atoms with Gasteiger partial charge in [-0.05, 0) is 38.1 Å². The highest BCUT2D eigenvalue weighted by Gasteiger charge is 2.16. The summed E-state index contributed by atoms with van der Waals surface area (Å²) in [5.41, 5.74) is 0.721. The predicted molar refractivity (Wildman–Crippen MR) is 69.8 cm³/mol. The number of hydrogen-bond acceptors (Lipinski definition) is 3. The van der Waals surface area contributed by atoms with Crippen molar-refractivity contribution < 1.29 is 12.8 Å². The summed E-state index contributed by atoms with van der Waals surface area (Å²) in [7, 11) is -3.73. The topological polar surface area (TPSA) is 64.0 Å². The Bertz CT molecular complexity index is 678. The molecule has 102 valence electrons. The first-order chi connectivity index (χ1) is 8.92. The maximum atomic E-state index is 12.8. The van der Waals surface area contributed by atoms with Crippen molar-refractivity contribution in [3.63, 3.8) is 0 Å². The van der Waals surface area contributed by atoms with Crippen LogP contribution in [0.25, 0.3) is 0 Å². The molecule has 0 aliphatic heterocycles. The lowest BCUT2D eigenvalue weighted by molar-refractivity contribution is 0.597. The van der Waals surface area contributed by atoms with Gasteiger partial charge in [-0.3, -0.25) is 4.72 Å². The average molecular weight is 283 g/mol. The Morgan fingerprint density at radius 3 is 2.53 bits per heavy atom. The van der Waals surface area contributed by atoms with E-state index >= 15 is 0 Å². The molecular weight excluding hydrogens is 269 g/mol. The molecule has 0 atom stereocenters. The molecule has 1 heterocycles. The number of anilines is 1. The second kappa shape index (κ2) is 5.00. The van der Waals surface area contributed by atoms with Crippen molar-refractivity contribution in [3.05, 3.63) is 41.8 Å². The minimum Gasteiger partial charge on any atom is -0.264 e. The van der Waals surface area contributed by atoms with Crippen LogP contribution in [0.4, 0.5) is 10.2 Å². The molecule has 2 aromatic rings. The van der Waals surface area contributed by atoms with Crippen LogP contribution in [-0.4, -0.2) is 18.2 Å². The fraction of sp³-hybridized carbons (Fsp3) is 0.250. The van der Waals surface area contributed by atoms with E-state index in [1.165, 1.54) is 12.1 Å². The quantitative estimate of drug-likeness (QED) is 0.935. The zero-order chi connectivity index (χ0) is 14.0. The molecule has 1 N–H and O–H groups in total. The first-order valence-electron chi connectivity index (χ1n) is 5.75. The Hall–Kier alpha value is -1.89. The molecule has 0 spiro atoms. The van der Waals surface area contributed by atoms with E-state index in [0.717, 1.165) is 17.8 Å². The fourth-order valence-corrected chi connectivity index (χ4v) is 2.73. The van der Waals surface area contributed by atoms with Gasteiger partial charge in [-0.25, -0.2) is 17.5 Å². The lowest BCUT2D eigenvalue weighted by Gasteiger charge is -2.09. The van der Waals surface area contributed by atoms with E-state index in [9.17, 15) is 12.8 Å². The molecule has 0 bridgehead atoms. The van der Waals surface area contributed by atoms with Crippen molar-refractivity contribution in [2.75, 3.05) is 4.72 Å². The van der Waals surface area contributed by atoms with Crippen molar-refractivity contribution in [1.29, 1.82) is 0 Å². The second-order valence-corrected chi connectivity index (χ2v) is 5.73. The summed E-state index contributed by atoms with van der Waals surface area (Å²) in [6.45, 7) is 4.19. The number of aryl methyl sites for hydroxylation is 2. The molecule has 0 aliphatic carbocycles. The zero-order valence-electron chi connectivity index (χ0n) is 10.6. The Kier molecular flexibility index (Phi) is 3.57. The molecule has 0 saturated heterocycles. The summed E-state index contributed by atoms with van der Waals surface area (Å²) < 4.78 is 41.0. The Balaban J connectivity index is 2.33. The normalized spacial score (nSPS) is 11.5. The predicted octanol–water partition coefficient (Wildman–Crippen LogP) is 2.15. The van der Waals surface area contributed by atoms with E-state index in [4.69, 9.17) is 0 Å². The number of sulfonamides is 1. The number of aromatic nitrogens is 2. The van der Waals surface area contributed by atoms with Crippen molar-refractivity contribution in [2.45, 2.75) is 25.3 Å². The van der Waals surface area contributed by atoms with Crippen LogP contribution in [0.2, 0.25) is 0 Å². The van der Waals surface area contributed by atoms with Gasteiger partial charge in [-0.1, -0.05) is 0 Å². The average Bonchev–Trinajstić information content (AvgIpc) is 2.69. The number of hydrogen-bond donors (Lipinski definition) is 1. The van der Waals surface area contributed by atoms with Gasteiger partial charge in [0.15, 0.2) is 0 Å². The minimum atomic E-state index is -3.73. The molecule has 1 aromatic heterocycles. The van der Waals surface area contributed by atoms with Crippen LogP contribution >= 0.6 is 0 Å². The molecule has 0 unspecified atom stereocenters. The highest BCUT2D eigenvalue weighted by Crippen LogP contribution is 2.17. The molecular formula is C12H14FN3O2S. The van der Waals surface area contributed by atoms with E-state index in [-0.39, 0.29) is 4.90 Å². The standard InChI is InChI=1S/C12H14FN3O2S/c1-3-16-12(8-9(2)14-16)15-19(17,18)11-6-4-10(13)5-7-11/h4-8,15H,3H2,1-2H3. The first-order valence-corrected chi connectivity index (χ1v) is 7.23. The third-order valence-electron chi connectivity index (χ3n) is 2.56. The van der Waals surface area contributed by atoms with Crippen molar-refractivity contribution >= 4 is 15.8 Å². The smallest absolute Gasteiger partial charge is 0.263 e. The van der Waals surface area contributed by atoms with Crippen LogP contribution < -0.4 is 4.72 Å². The van der Waals surface area contributed by atoms with Crippen molar-refractivity contribution in [3.8, 4) is 0 Å².